The predicted octanol–water partition coefficient (Wildman–Crippen LogP) is 4.13. The Kier molecular flexibility index (Phi) is 3.79. The van der Waals surface area contributed by atoms with Crippen molar-refractivity contribution in [3.63, 3.8) is 0 Å². The van der Waals surface area contributed by atoms with E-state index in [4.69, 9.17) is 0 Å². The topological polar surface area (TPSA) is 12.0 Å². The van der Waals surface area contributed by atoms with Gasteiger partial charge in [-0.05, 0) is 53.6 Å². The van der Waals surface area contributed by atoms with Crippen LogP contribution in [0.25, 0.3) is 0 Å². The molecule has 2 aromatic rings. The Bertz CT molecular complexity index is 465. The van der Waals surface area contributed by atoms with Gasteiger partial charge < -0.3 is 5.32 Å². The third-order valence-electron chi connectivity index (χ3n) is 2.63. The summed E-state index contributed by atoms with van der Waals surface area (Å²) in [7, 11) is 1.99. The van der Waals surface area contributed by atoms with Gasteiger partial charge in [0.1, 0.15) is 0 Å². The molecule has 1 aromatic carbocycles. The summed E-state index contributed by atoms with van der Waals surface area (Å²) in [5, 5.41) is 7.66. The number of hydrogen-bond acceptors (Lipinski definition) is 2. The molecule has 0 saturated heterocycles. The maximum Gasteiger partial charge on any atom is 0.0593 e. The molecule has 2 rings (SSSR count). The van der Waals surface area contributed by atoms with Crippen molar-refractivity contribution in [2.75, 3.05) is 7.05 Å². The zero-order valence-electron chi connectivity index (χ0n) is 9.33. The van der Waals surface area contributed by atoms with Crippen LogP contribution in [0.15, 0.2) is 39.5 Å². The molecule has 0 bridgehead atoms. The zero-order chi connectivity index (χ0) is 11.5. The molecular weight excluding hydrogens is 282 g/mol. The van der Waals surface area contributed by atoms with Crippen LogP contribution in [0, 0.1) is 6.92 Å². The SMILES string of the molecule is CNC(c1ccsc1)c1ccc(C)cc1Br. The van der Waals surface area contributed by atoms with Gasteiger partial charge in [0.05, 0.1) is 6.04 Å². The fourth-order valence-corrected chi connectivity index (χ4v) is 3.22. The average Bonchev–Trinajstić information content (AvgIpc) is 2.75. The van der Waals surface area contributed by atoms with Crippen molar-refractivity contribution >= 4 is 27.3 Å². The van der Waals surface area contributed by atoms with E-state index >= 15 is 0 Å². The van der Waals surface area contributed by atoms with E-state index in [1.54, 1.807) is 11.3 Å². The van der Waals surface area contributed by atoms with Crippen LogP contribution in [-0.2, 0) is 0 Å². The molecule has 1 heterocycles. The van der Waals surface area contributed by atoms with E-state index in [-0.39, 0.29) is 6.04 Å². The van der Waals surface area contributed by atoms with Crippen LogP contribution in [0.2, 0.25) is 0 Å². The Morgan fingerprint density at radius 3 is 2.69 bits per heavy atom. The second kappa shape index (κ2) is 5.13. The van der Waals surface area contributed by atoms with Gasteiger partial charge in [-0.25, -0.2) is 0 Å². The fourth-order valence-electron chi connectivity index (χ4n) is 1.81. The number of hydrogen-bond donors (Lipinski definition) is 1. The maximum atomic E-state index is 3.64. The van der Waals surface area contributed by atoms with Gasteiger partial charge in [0.2, 0.25) is 0 Å². The molecule has 1 aromatic heterocycles. The molecule has 1 atom stereocenters. The number of aryl methyl sites for hydroxylation is 1. The number of halogens is 1. The van der Waals surface area contributed by atoms with Gasteiger partial charge in [0, 0.05) is 4.47 Å². The normalized spacial score (nSPS) is 12.7. The minimum atomic E-state index is 0.265. The molecule has 1 N–H and O–H groups in total. The highest BCUT2D eigenvalue weighted by Crippen LogP contribution is 2.30. The van der Waals surface area contributed by atoms with Crippen molar-refractivity contribution in [1.82, 2.24) is 5.32 Å². The van der Waals surface area contributed by atoms with Gasteiger partial charge in [-0.1, -0.05) is 28.1 Å². The van der Waals surface area contributed by atoms with Crippen molar-refractivity contribution in [1.29, 1.82) is 0 Å². The molecule has 0 fully saturated rings. The first kappa shape index (κ1) is 11.8. The smallest absolute Gasteiger partial charge is 0.0593 e. The van der Waals surface area contributed by atoms with Crippen molar-refractivity contribution < 1.29 is 0 Å². The van der Waals surface area contributed by atoms with Crippen LogP contribution in [-0.4, -0.2) is 7.05 Å². The third kappa shape index (κ3) is 2.37. The molecular formula is C13H14BrNS. The van der Waals surface area contributed by atoms with Crippen LogP contribution in [0.4, 0.5) is 0 Å². The molecule has 84 valence electrons. The molecule has 0 aliphatic rings. The maximum absolute atomic E-state index is 3.64. The Morgan fingerprint density at radius 2 is 2.12 bits per heavy atom. The van der Waals surface area contributed by atoms with E-state index in [9.17, 15) is 0 Å². The van der Waals surface area contributed by atoms with Crippen LogP contribution in [0.3, 0.4) is 0 Å². The predicted molar refractivity (Wildman–Crippen MR) is 74.1 cm³/mol. The zero-order valence-corrected chi connectivity index (χ0v) is 11.7. The molecule has 16 heavy (non-hydrogen) atoms. The Labute approximate surface area is 109 Å². The van der Waals surface area contributed by atoms with Crippen LogP contribution < -0.4 is 5.32 Å². The molecule has 1 nitrogen and oxygen atoms in total. The summed E-state index contributed by atoms with van der Waals surface area (Å²) in [5.41, 5.74) is 3.87. The lowest BCUT2D eigenvalue weighted by Crippen LogP contribution is -2.17. The lowest BCUT2D eigenvalue weighted by Gasteiger charge is -2.17. The number of benzene rings is 1. The highest BCUT2D eigenvalue weighted by Gasteiger charge is 2.14. The number of rotatable bonds is 3. The second-order valence-electron chi connectivity index (χ2n) is 3.80. The Morgan fingerprint density at radius 1 is 1.31 bits per heavy atom. The first-order chi connectivity index (χ1) is 7.72. The van der Waals surface area contributed by atoms with Gasteiger partial charge in [0.25, 0.3) is 0 Å². The minimum absolute atomic E-state index is 0.265. The molecule has 0 saturated carbocycles. The third-order valence-corrected chi connectivity index (χ3v) is 4.02. The number of nitrogens with one attached hydrogen (secondary N) is 1. The lowest BCUT2D eigenvalue weighted by atomic mass is 10.0. The standard InChI is InChI=1S/C13H14BrNS/c1-9-3-4-11(12(14)7-9)13(15-2)10-5-6-16-8-10/h3-8,13,15H,1-2H3. The summed E-state index contributed by atoms with van der Waals surface area (Å²) < 4.78 is 1.16. The Hall–Kier alpha value is -0.640. The summed E-state index contributed by atoms with van der Waals surface area (Å²) >= 11 is 5.37. The fraction of sp³-hybridized carbons (Fsp3) is 0.231. The first-order valence-corrected chi connectivity index (χ1v) is 6.91. The molecule has 0 amide bonds. The summed E-state index contributed by atoms with van der Waals surface area (Å²) in [5.74, 6) is 0. The van der Waals surface area contributed by atoms with Gasteiger partial charge in [0.15, 0.2) is 0 Å². The number of thiophene rings is 1. The van der Waals surface area contributed by atoms with E-state index in [0.29, 0.717) is 0 Å². The van der Waals surface area contributed by atoms with Crippen LogP contribution >= 0.6 is 27.3 Å². The molecule has 0 aliphatic heterocycles. The largest absolute Gasteiger partial charge is 0.309 e. The quantitative estimate of drug-likeness (QED) is 0.898. The van der Waals surface area contributed by atoms with Crippen LogP contribution in [0.5, 0.6) is 0 Å². The highest BCUT2D eigenvalue weighted by molar-refractivity contribution is 9.10. The molecule has 3 heteroatoms. The van der Waals surface area contributed by atoms with Gasteiger partial charge in [-0.15, -0.1) is 0 Å². The average molecular weight is 296 g/mol. The Balaban J connectivity index is 2.41. The van der Waals surface area contributed by atoms with Crippen molar-refractivity contribution in [2.45, 2.75) is 13.0 Å². The molecule has 1 unspecified atom stereocenters. The van der Waals surface area contributed by atoms with E-state index in [1.165, 1.54) is 16.7 Å². The molecule has 0 spiro atoms. The molecule has 0 radical (unpaired) electrons. The van der Waals surface area contributed by atoms with E-state index in [0.717, 1.165) is 4.47 Å². The first-order valence-electron chi connectivity index (χ1n) is 5.18. The van der Waals surface area contributed by atoms with E-state index < -0.39 is 0 Å². The summed E-state index contributed by atoms with van der Waals surface area (Å²) in [6.07, 6.45) is 0. The van der Waals surface area contributed by atoms with Gasteiger partial charge >= 0.3 is 0 Å². The minimum Gasteiger partial charge on any atom is -0.309 e. The van der Waals surface area contributed by atoms with Crippen molar-refractivity contribution in [2.24, 2.45) is 0 Å². The van der Waals surface area contributed by atoms with E-state index in [1.807, 2.05) is 7.05 Å². The second-order valence-corrected chi connectivity index (χ2v) is 5.44. The summed E-state index contributed by atoms with van der Waals surface area (Å²) in [6, 6.07) is 8.92. The van der Waals surface area contributed by atoms with Crippen molar-refractivity contribution in [3.8, 4) is 0 Å². The van der Waals surface area contributed by atoms with Gasteiger partial charge in [-0.3, -0.25) is 0 Å². The van der Waals surface area contributed by atoms with Crippen LogP contribution in [0.1, 0.15) is 22.7 Å². The highest BCUT2D eigenvalue weighted by atomic mass is 79.9. The summed E-state index contributed by atoms with van der Waals surface area (Å²) in [6.45, 7) is 2.10. The monoisotopic (exact) mass is 295 g/mol. The lowest BCUT2D eigenvalue weighted by molar-refractivity contribution is 0.691. The summed E-state index contributed by atoms with van der Waals surface area (Å²) in [4.78, 5) is 0. The molecule has 0 aliphatic carbocycles. The van der Waals surface area contributed by atoms with E-state index in [2.05, 4.69) is 63.2 Å². The van der Waals surface area contributed by atoms with Crippen molar-refractivity contribution in [3.05, 3.63) is 56.2 Å². The van der Waals surface area contributed by atoms with Gasteiger partial charge in [-0.2, -0.15) is 11.3 Å².